The maximum Gasteiger partial charge on any atom is 0.258 e. The van der Waals surface area contributed by atoms with Crippen LogP contribution < -0.4 is 14.5 Å². The highest BCUT2D eigenvalue weighted by molar-refractivity contribution is 6.08. The second kappa shape index (κ2) is 10.5. The molecule has 0 bridgehead atoms. The van der Waals surface area contributed by atoms with E-state index in [-0.39, 0.29) is 23.2 Å². The molecule has 8 heteroatoms. The Morgan fingerprint density at radius 1 is 1.16 bits per heavy atom. The molecule has 4 aliphatic rings. The number of benzene rings is 2. The summed E-state index contributed by atoms with van der Waals surface area (Å²) in [5, 5.41) is 0. The molecule has 4 heterocycles. The van der Waals surface area contributed by atoms with E-state index < -0.39 is 0 Å². The molecule has 2 atom stereocenters. The normalized spacial score (nSPS) is 23.6. The lowest BCUT2D eigenvalue weighted by Crippen LogP contribution is -2.61. The Morgan fingerprint density at radius 2 is 2.03 bits per heavy atom. The van der Waals surface area contributed by atoms with E-state index in [1.807, 2.05) is 30.3 Å². The molecule has 204 valence electrons. The summed E-state index contributed by atoms with van der Waals surface area (Å²) >= 11 is 0. The lowest BCUT2D eigenvalue weighted by atomic mass is 9.78. The van der Waals surface area contributed by atoms with E-state index in [0.717, 1.165) is 70.0 Å². The van der Waals surface area contributed by atoms with E-state index in [2.05, 4.69) is 16.7 Å². The number of carbonyl (C=O) groups excluding carboxylic acids is 1. The molecular formula is C30H38FN3O4. The van der Waals surface area contributed by atoms with Crippen LogP contribution in [0, 0.1) is 11.2 Å². The topological polar surface area (TPSA) is 54.5 Å². The zero-order valence-electron chi connectivity index (χ0n) is 22.5. The van der Waals surface area contributed by atoms with E-state index in [1.165, 1.54) is 6.07 Å². The minimum absolute atomic E-state index is 0.0936. The van der Waals surface area contributed by atoms with E-state index in [9.17, 15) is 4.79 Å². The van der Waals surface area contributed by atoms with Crippen LogP contribution in [-0.4, -0.2) is 82.6 Å². The number of fused-ring (bicyclic) bond motifs is 1. The molecule has 0 aromatic heterocycles. The number of rotatable bonds is 8. The van der Waals surface area contributed by atoms with Crippen molar-refractivity contribution in [2.24, 2.45) is 5.41 Å². The number of halogens is 1. The molecule has 0 N–H and O–H groups in total. The summed E-state index contributed by atoms with van der Waals surface area (Å²) in [6.07, 6.45) is 4.04. The van der Waals surface area contributed by atoms with Gasteiger partial charge in [0.05, 0.1) is 18.4 Å². The molecule has 7 nitrogen and oxygen atoms in total. The van der Waals surface area contributed by atoms with Crippen LogP contribution in [0.5, 0.6) is 5.75 Å². The van der Waals surface area contributed by atoms with Crippen molar-refractivity contribution in [2.75, 3.05) is 69.5 Å². The predicted octanol–water partition coefficient (Wildman–Crippen LogP) is 4.13. The Kier molecular flexibility index (Phi) is 7.05. The highest BCUT2D eigenvalue weighted by atomic mass is 19.1. The summed E-state index contributed by atoms with van der Waals surface area (Å²) in [4.78, 5) is 19.6. The second-order valence-corrected chi connectivity index (χ2v) is 11.5. The number of amides is 1. The number of likely N-dealkylation sites (tertiary alicyclic amines) is 1. The summed E-state index contributed by atoms with van der Waals surface area (Å²) in [6.45, 7) is 8.59. The van der Waals surface area contributed by atoms with Crippen molar-refractivity contribution in [3.05, 3.63) is 53.3 Å². The van der Waals surface area contributed by atoms with E-state index in [4.69, 9.17) is 14.2 Å². The van der Waals surface area contributed by atoms with Crippen molar-refractivity contribution >= 4 is 17.3 Å². The van der Waals surface area contributed by atoms with Crippen molar-refractivity contribution in [3.8, 4) is 5.75 Å². The van der Waals surface area contributed by atoms with E-state index >= 15 is 4.39 Å². The average molecular weight is 524 g/mol. The number of carbonyl (C=O) groups is 1. The molecule has 4 aliphatic heterocycles. The summed E-state index contributed by atoms with van der Waals surface area (Å²) in [5.41, 5.74) is 3.12. The number of anilines is 2. The van der Waals surface area contributed by atoms with E-state index in [1.54, 1.807) is 12.0 Å². The van der Waals surface area contributed by atoms with Gasteiger partial charge in [-0.05, 0) is 74.6 Å². The van der Waals surface area contributed by atoms with Crippen LogP contribution in [0.4, 0.5) is 15.8 Å². The molecule has 6 rings (SSSR count). The van der Waals surface area contributed by atoms with Gasteiger partial charge in [0.25, 0.3) is 5.91 Å². The van der Waals surface area contributed by atoms with E-state index in [0.29, 0.717) is 42.6 Å². The molecule has 38 heavy (non-hydrogen) atoms. The lowest BCUT2D eigenvalue weighted by molar-refractivity contribution is -0.0331. The summed E-state index contributed by atoms with van der Waals surface area (Å²) in [7, 11) is 1.74. The molecular weight excluding hydrogens is 485 g/mol. The van der Waals surface area contributed by atoms with Gasteiger partial charge < -0.3 is 24.0 Å². The fourth-order valence-corrected chi connectivity index (χ4v) is 6.56. The van der Waals surface area contributed by atoms with Gasteiger partial charge in [-0.3, -0.25) is 9.69 Å². The largest absolute Gasteiger partial charge is 0.491 e. The van der Waals surface area contributed by atoms with Crippen LogP contribution in [0.3, 0.4) is 0 Å². The van der Waals surface area contributed by atoms with Gasteiger partial charge in [0.15, 0.2) is 0 Å². The first-order valence-corrected chi connectivity index (χ1v) is 13.9. The monoisotopic (exact) mass is 523 g/mol. The summed E-state index contributed by atoms with van der Waals surface area (Å²) in [6, 6.07) is 11.3. The molecule has 2 aromatic rings. The van der Waals surface area contributed by atoms with Gasteiger partial charge in [0, 0.05) is 69.1 Å². The minimum Gasteiger partial charge on any atom is -0.491 e. The van der Waals surface area contributed by atoms with Gasteiger partial charge in [-0.1, -0.05) is 0 Å². The number of hydrogen-bond donors (Lipinski definition) is 0. The minimum atomic E-state index is -0.264. The third kappa shape index (κ3) is 4.90. The molecule has 0 saturated carbocycles. The first-order chi connectivity index (χ1) is 18.4. The smallest absolute Gasteiger partial charge is 0.258 e. The standard InChI is InChI=1S/C30H38FN3O4/c1-21(16-36-2)33-19-30(20-33)10-12-32(18-30)28-8-5-23(15-27(28)31)34-11-9-22-14-24(6-7-26(22)29(34)35)38-17-25-4-3-13-37-25/h5-8,14-15,21,25H,3-4,9-13,16-20H2,1-2H3. The first-order valence-electron chi connectivity index (χ1n) is 13.9. The maximum absolute atomic E-state index is 15.4. The Labute approximate surface area is 224 Å². The van der Waals surface area contributed by atoms with Gasteiger partial charge in [0.1, 0.15) is 18.2 Å². The zero-order valence-corrected chi connectivity index (χ0v) is 22.5. The zero-order chi connectivity index (χ0) is 26.3. The molecule has 1 spiro atoms. The van der Waals surface area contributed by atoms with Crippen LogP contribution in [0.1, 0.15) is 42.1 Å². The highest BCUT2D eigenvalue weighted by Gasteiger charge is 2.49. The van der Waals surface area contributed by atoms with Gasteiger partial charge in [-0.2, -0.15) is 0 Å². The first kappa shape index (κ1) is 25.6. The van der Waals surface area contributed by atoms with Crippen LogP contribution in [0.2, 0.25) is 0 Å². The molecule has 1 amide bonds. The van der Waals surface area contributed by atoms with Crippen LogP contribution in [0.15, 0.2) is 36.4 Å². The fourth-order valence-electron chi connectivity index (χ4n) is 6.56. The lowest BCUT2D eigenvalue weighted by Gasteiger charge is -2.50. The number of ether oxygens (including phenoxy) is 3. The van der Waals surface area contributed by atoms with Crippen molar-refractivity contribution in [3.63, 3.8) is 0 Å². The second-order valence-electron chi connectivity index (χ2n) is 11.5. The summed E-state index contributed by atoms with van der Waals surface area (Å²) in [5.74, 6) is 0.408. The van der Waals surface area contributed by atoms with Crippen LogP contribution in [-0.2, 0) is 15.9 Å². The average Bonchev–Trinajstić information content (AvgIpc) is 3.57. The Bertz CT molecular complexity index is 1180. The Hall–Kier alpha value is -2.68. The van der Waals surface area contributed by atoms with Crippen molar-refractivity contribution in [2.45, 2.75) is 44.8 Å². The van der Waals surface area contributed by atoms with Crippen molar-refractivity contribution in [1.82, 2.24) is 4.90 Å². The maximum atomic E-state index is 15.4. The molecule has 0 radical (unpaired) electrons. The van der Waals surface area contributed by atoms with Gasteiger partial charge in [-0.15, -0.1) is 0 Å². The molecule has 2 unspecified atom stereocenters. The fraction of sp³-hybridized carbons (Fsp3) is 0.567. The third-order valence-electron chi connectivity index (χ3n) is 8.75. The molecule has 2 aromatic carbocycles. The summed E-state index contributed by atoms with van der Waals surface area (Å²) < 4.78 is 32.2. The molecule has 3 fully saturated rings. The van der Waals surface area contributed by atoms with Crippen molar-refractivity contribution < 1.29 is 23.4 Å². The molecule has 0 aliphatic carbocycles. The third-order valence-corrected chi connectivity index (χ3v) is 8.75. The van der Waals surface area contributed by atoms with Crippen molar-refractivity contribution in [1.29, 1.82) is 0 Å². The quantitative estimate of drug-likeness (QED) is 0.519. The predicted molar refractivity (Wildman–Crippen MR) is 145 cm³/mol. The Balaban J connectivity index is 1.09. The number of nitrogens with zero attached hydrogens (tertiary/aromatic N) is 3. The molecule has 3 saturated heterocycles. The van der Waals surface area contributed by atoms with Gasteiger partial charge >= 0.3 is 0 Å². The Morgan fingerprint density at radius 3 is 2.79 bits per heavy atom. The number of methoxy groups -OCH3 is 1. The van der Waals surface area contributed by atoms with Gasteiger partial charge in [-0.25, -0.2) is 4.39 Å². The number of hydrogen-bond acceptors (Lipinski definition) is 6. The SMILES string of the molecule is COCC(C)N1CC2(CCN(c3ccc(N4CCc5cc(OCC6CCCO6)ccc5C4=O)cc3F)C2)C1. The van der Waals surface area contributed by atoms with Crippen LogP contribution in [0.25, 0.3) is 0 Å². The highest BCUT2D eigenvalue weighted by Crippen LogP contribution is 2.43. The van der Waals surface area contributed by atoms with Crippen LogP contribution >= 0.6 is 0 Å². The van der Waals surface area contributed by atoms with Gasteiger partial charge in [0.2, 0.25) is 0 Å².